The maximum atomic E-state index is 12.1. The molecule has 0 unspecified atom stereocenters. The molecule has 112 valence electrons. The van der Waals surface area contributed by atoms with Crippen LogP contribution in [0.5, 0.6) is 0 Å². The molecule has 6 heteroatoms. The molecule has 0 spiro atoms. The molecule has 0 aliphatic heterocycles. The van der Waals surface area contributed by atoms with Gasteiger partial charge in [0.1, 0.15) is 5.15 Å². The predicted octanol–water partition coefficient (Wildman–Crippen LogP) is 3.34. The number of rotatable bonds is 5. The Bertz CT molecular complexity index is 713. The van der Waals surface area contributed by atoms with E-state index in [1.165, 1.54) is 23.9 Å². The second kappa shape index (κ2) is 6.56. The fourth-order valence-electron chi connectivity index (χ4n) is 1.83. The SMILES string of the molecule is CC(C)c1ccc(CNS(=O)(=O)c2ccnc(Cl)c2)cc1. The minimum Gasteiger partial charge on any atom is -0.244 e. The molecular weight excluding hydrogens is 308 g/mol. The van der Waals surface area contributed by atoms with Gasteiger partial charge in [-0.15, -0.1) is 0 Å². The van der Waals surface area contributed by atoms with Crippen molar-refractivity contribution in [3.63, 3.8) is 0 Å². The third-order valence-corrected chi connectivity index (χ3v) is 4.73. The Balaban J connectivity index is 2.08. The van der Waals surface area contributed by atoms with Crippen molar-refractivity contribution in [2.24, 2.45) is 0 Å². The smallest absolute Gasteiger partial charge is 0.241 e. The lowest BCUT2D eigenvalue weighted by molar-refractivity contribution is 0.581. The molecule has 4 nitrogen and oxygen atoms in total. The number of benzene rings is 1. The van der Waals surface area contributed by atoms with Gasteiger partial charge in [-0.2, -0.15) is 0 Å². The van der Waals surface area contributed by atoms with Crippen LogP contribution < -0.4 is 4.72 Å². The summed E-state index contributed by atoms with van der Waals surface area (Å²) in [6, 6.07) is 10.6. The van der Waals surface area contributed by atoms with Crippen molar-refractivity contribution in [3.05, 3.63) is 58.9 Å². The minimum atomic E-state index is -3.58. The van der Waals surface area contributed by atoms with Gasteiger partial charge >= 0.3 is 0 Å². The first kappa shape index (κ1) is 15.9. The van der Waals surface area contributed by atoms with Crippen LogP contribution >= 0.6 is 11.6 Å². The van der Waals surface area contributed by atoms with Crippen molar-refractivity contribution < 1.29 is 8.42 Å². The number of aromatic nitrogens is 1. The molecule has 1 N–H and O–H groups in total. The van der Waals surface area contributed by atoms with E-state index >= 15 is 0 Å². The summed E-state index contributed by atoms with van der Waals surface area (Å²) in [4.78, 5) is 3.88. The number of sulfonamides is 1. The number of pyridine rings is 1. The van der Waals surface area contributed by atoms with E-state index in [0.29, 0.717) is 5.92 Å². The molecule has 0 amide bonds. The van der Waals surface area contributed by atoms with E-state index in [4.69, 9.17) is 11.6 Å². The Morgan fingerprint density at radius 2 is 1.86 bits per heavy atom. The summed E-state index contributed by atoms with van der Waals surface area (Å²) >= 11 is 5.71. The van der Waals surface area contributed by atoms with Crippen LogP contribution in [0.15, 0.2) is 47.5 Å². The highest BCUT2D eigenvalue weighted by atomic mass is 35.5. The number of hydrogen-bond donors (Lipinski definition) is 1. The first-order valence-corrected chi connectivity index (χ1v) is 8.44. The van der Waals surface area contributed by atoms with Gasteiger partial charge in [-0.1, -0.05) is 49.7 Å². The predicted molar refractivity (Wildman–Crippen MR) is 83.8 cm³/mol. The Labute approximate surface area is 130 Å². The quantitative estimate of drug-likeness (QED) is 0.858. The third-order valence-electron chi connectivity index (χ3n) is 3.12. The molecule has 1 aromatic carbocycles. The van der Waals surface area contributed by atoms with Crippen molar-refractivity contribution in [2.75, 3.05) is 0 Å². The minimum absolute atomic E-state index is 0.112. The average molecular weight is 325 g/mol. The van der Waals surface area contributed by atoms with Gasteiger partial charge in [0.05, 0.1) is 4.90 Å². The van der Waals surface area contributed by atoms with Crippen LogP contribution in [-0.4, -0.2) is 13.4 Å². The van der Waals surface area contributed by atoms with E-state index in [2.05, 4.69) is 23.6 Å². The monoisotopic (exact) mass is 324 g/mol. The van der Waals surface area contributed by atoms with Crippen molar-refractivity contribution in [2.45, 2.75) is 31.2 Å². The van der Waals surface area contributed by atoms with Gasteiger partial charge in [-0.05, 0) is 29.2 Å². The normalized spacial score (nSPS) is 11.8. The molecule has 0 saturated carbocycles. The molecule has 0 fully saturated rings. The van der Waals surface area contributed by atoms with Gasteiger partial charge in [0.15, 0.2) is 0 Å². The molecule has 0 bridgehead atoms. The van der Waals surface area contributed by atoms with Crippen molar-refractivity contribution in [1.29, 1.82) is 0 Å². The van der Waals surface area contributed by atoms with Gasteiger partial charge in [0, 0.05) is 12.7 Å². The fourth-order valence-corrected chi connectivity index (χ4v) is 3.10. The molecule has 0 aliphatic rings. The molecule has 2 aromatic rings. The van der Waals surface area contributed by atoms with E-state index < -0.39 is 10.0 Å². The Hall–Kier alpha value is -1.43. The van der Waals surface area contributed by atoms with E-state index in [1.54, 1.807) is 0 Å². The topological polar surface area (TPSA) is 59.1 Å². The van der Waals surface area contributed by atoms with Crippen LogP contribution in [0.4, 0.5) is 0 Å². The summed E-state index contributed by atoms with van der Waals surface area (Å²) < 4.78 is 26.8. The molecule has 1 heterocycles. The fraction of sp³-hybridized carbons (Fsp3) is 0.267. The molecular formula is C15H17ClN2O2S. The van der Waals surface area contributed by atoms with Crippen LogP contribution in [0.1, 0.15) is 30.9 Å². The lowest BCUT2D eigenvalue weighted by Crippen LogP contribution is -2.23. The van der Waals surface area contributed by atoms with Crippen molar-refractivity contribution in [3.8, 4) is 0 Å². The summed E-state index contributed by atoms with van der Waals surface area (Å²) in [5, 5.41) is 0.152. The molecule has 21 heavy (non-hydrogen) atoms. The second-order valence-electron chi connectivity index (χ2n) is 5.04. The van der Waals surface area contributed by atoms with Gasteiger partial charge < -0.3 is 0 Å². The number of nitrogens with one attached hydrogen (secondary N) is 1. The Kier molecular flexibility index (Phi) is 4.98. The van der Waals surface area contributed by atoms with E-state index in [9.17, 15) is 8.42 Å². The van der Waals surface area contributed by atoms with Crippen molar-refractivity contribution >= 4 is 21.6 Å². The van der Waals surface area contributed by atoms with Crippen LogP contribution in [0.3, 0.4) is 0 Å². The van der Waals surface area contributed by atoms with Gasteiger partial charge in [0.2, 0.25) is 10.0 Å². The Morgan fingerprint density at radius 1 is 1.19 bits per heavy atom. The zero-order valence-electron chi connectivity index (χ0n) is 11.9. The number of nitrogens with zero attached hydrogens (tertiary/aromatic N) is 1. The number of halogens is 1. The highest BCUT2D eigenvalue weighted by Gasteiger charge is 2.14. The maximum absolute atomic E-state index is 12.1. The Morgan fingerprint density at radius 3 is 2.43 bits per heavy atom. The van der Waals surface area contributed by atoms with Gasteiger partial charge in [0.25, 0.3) is 0 Å². The van der Waals surface area contributed by atoms with Gasteiger partial charge in [-0.3, -0.25) is 0 Å². The zero-order valence-corrected chi connectivity index (χ0v) is 13.4. The van der Waals surface area contributed by atoms with Crippen LogP contribution in [0.25, 0.3) is 0 Å². The highest BCUT2D eigenvalue weighted by molar-refractivity contribution is 7.89. The largest absolute Gasteiger partial charge is 0.244 e. The summed E-state index contributed by atoms with van der Waals surface area (Å²) in [6.07, 6.45) is 1.37. The summed E-state index contributed by atoms with van der Waals surface area (Å²) in [6.45, 7) is 4.47. The zero-order chi connectivity index (χ0) is 15.5. The molecule has 2 rings (SSSR count). The maximum Gasteiger partial charge on any atom is 0.241 e. The summed E-state index contributed by atoms with van der Waals surface area (Å²) in [5.41, 5.74) is 2.13. The molecule has 0 atom stereocenters. The first-order chi connectivity index (χ1) is 9.88. The van der Waals surface area contributed by atoms with Crippen LogP contribution in [-0.2, 0) is 16.6 Å². The van der Waals surface area contributed by atoms with Crippen molar-refractivity contribution in [1.82, 2.24) is 9.71 Å². The first-order valence-electron chi connectivity index (χ1n) is 6.58. The van der Waals surface area contributed by atoms with E-state index in [0.717, 1.165) is 5.56 Å². The van der Waals surface area contributed by atoms with Crippen LogP contribution in [0, 0.1) is 0 Å². The number of hydrogen-bond acceptors (Lipinski definition) is 3. The standard InChI is InChI=1S/C15H17ClN2O2S/c1-11(2)13-5-3-12(4-6-13)10-18-21(19,20)14-7-8-17-15(16)9-14/h3-9,11,18H,10H2,1-2H3. The molecule has 1 aromatic heterocycles. The second-order valence-corrected chi connectivity index (χ2v) is 7.19. The lowest BCUT2D eigenvalue weighted by atomic mass is 10.0. The molecule has 0 radical (unpaired) electrons. The van der Waals surface area contributed by atoms with E-state index in [1.807, 2.05) is 24.3 Å². The molecule has 0 aliphatic carbocycles. The van der Waals surface area contributed by atoms with E-state index in [-0.39, 0.29) is 16.6 Å². The highest BCUT2D eigenvalue weighted by Crippen LogP contribution is 2.16. The van der Waals surface area contributed by atoms with Gasteiger partial charge in [-0.25, -0.2) is 18.1 Å². The summed E-state index contributed by atoms with van der Waals surface area (Å²) in [7, 11) is -3.58. The molecule has 0 saturated heterocycles. The van der Waals surface area contributed by atoms with Crippen LogP contribution in [0.2, 0.25) is 5.15 Å². The third kappa shape index (κ3) is 4.27. The summed E-state index contributed by atoms with van der Waals surface area (Å²) in [5.74, 6) is 0.453. The lowest BCUT2D eigenvalue weighted by Gasteiger charge is -2.09. The average Bonchev–Trinajstić information content (AvgIpc) is 2.45.